The molecule has 6 heteroatoms. The molecular formula is C22H21N3O3. The number of carbonyl (C=O) groups excluding carboxylic acids is 2. The van der Waals surface area contributed by atoms with Crippen LogP contribution < -0.4 is 21.1 Å². The van der Waals surface area contributed by atoms with E-state index in [0.29, 0.717) is 17.0 Å². The Labute approximate surface area is 163 Å². The van der Waals surface area contributed by atoms with Crippen LogP contribution in [0.3, 0.4) is 0 Å². The summed E-state index contributed by atoms with van der Waals surface area (Å²) in [6.07, 6.45) is 0. The summed E-state index contributed by atoms with van der Waals surface area (Å²) in [5, 5.41) is 5.25. The van der Waals surface area contributed by atoms with Crippen LogP contribution in [0.25, 0.3) is 0 Å². The minimum absolute atomic E-state index is 0.529. The third-order valence-electron chi connectivity index (χ3n) is 4.03. The number of urea groups is 1. The fourth-order valence-corrected chi connectivity index (χ4v) is 2.74. The third kappa shape index (κ3) is 5.11. The van der Waals surface area contributed by atoms with Gasteiger partial charge in [-0.2, -0.15) is 0 Å². The lowest BCUT2D eigenvalue weighted by Gasteiger charge is -2.19. The molecule has 0 aromatic heterocycles. The van der Waals surface area contributed by atoms with E-state index in [9.17, 15) is 9.59 Å². The smallest absolute Gasteiger partial charge is 0.318 e. The van der Waals surface area contributed by atoms with E-state index in [-0.39, 0.29) is 0 Å². The standard InChI is InChI=1S/C22H21N3O3/c1-15-6-5-9-19(14-15)28-18-12-10-17(11-13-18)24-20(21(26)25-22(23)27)16-7-3-2-4-8-16/h2-14,20,24H,1H3,(H3,23,25,26,27)/t20-/m1/s1. The summed E-state index contributed by atoms with van der Waals surface area (Å²) < 4.78 is 5.84. The van der Waals surface area contributed by atoms with E-state index in [1.807, 2.05) is 49.4 Å². The Morgan fingerprint density at radius 1 is 0.893 bits per heavy atom. The number of primary amides is 1. The number of aryl methyl sites for hydroxylation is 1. The average Bonchev–Trinajstić information content (AvgIpc) is 2.67. The predicted molar refractivity (Wildman–Crippen MR) is 108 cm³/mol. The Kier molecular flexibility index (Phi) is 5.91. The molecule has 3 amide bonds. The summed E-state index contributed by atoms with van der Waals surface area (Å²) in [4.78, 5) is 23.5. The summed E-state index contributed by atoms with van der Waals surface area (Å²) in [6.45, 7) is 2.00. The molecule has 1 atom stereocenters. The third-order valence-corrected chi connectivity index (χ3v) is 4.03. The van der Waals surface area contributed by atoms with Crippen LogP contribution in [0.2, 0.25) is 0 Å². The van der Waals surface area contributed by atoms with E-state index in [1.165, 1.54) is 0 Å². The molecule has 0 aliphatic carbocycles. The molecule has 0 spiro atoms. The second kappa shape index (κ2) is 8.73. The number of anilines is 1. The summed E-state index contributed by atoms with van der Waals surface area (Å²) >= 11 is 0. The van der Waals surface area contributed by atoms with Gasteiger partial charge in [-0.15, -0.1) is 0 Å². The lowest BCUT2D eigenvalue weighted by atomic mass is 10.1. The molecule has 142 valence electrons. The second-order valence-electron chi connectivity index (χ2n) is 6.28. The highest BCUT2D eigenvalue weighted by Crippen LogP contribution is 2.26. The number of imide groups is 1. The zero-order valence-electron chi connectivity index (χ0n) is 15.4. The van der Waals surface area contributed by atoms with Crippen molar-refractivity contribution in [2.45, 2.75) is 13.0 Å². The van der Waals surface area contributed by atoms with Gasteiger partial charge < -0.3 is 15.8 Å². The molecule has 3 aromatic rings. The number of hydrogen-bond donors (Lipinski definition) is 3. The van der Waals surface area contributed by atoms with Crippen molar-refractivity contribution < 1.29 is 14.3 Å². The van der Waals surface area contributed by atoms with Crippen molar-refractivity contribution >= 4 is 17.6 Å². The summed E-state index contributed by atoms with van der Waals surface area (Å²) in [7, 11) is 0. The van der Waals surface area contributed by atoms with Crippen LogP contribution in [0.4, 0.5) is 10.5 Å². The SMILES string of the molecule is Cc1cccc(Oc2ccc(N[C@@H](C(=O)NC(N)=O)c3ccccc3)cc2)c1. The molecule has 28 heavy (non-hydrogen) atoms. The van der Waals surface area contributed by atoms with Crippen LogP contribution in [0.15, 0.2) is 78.9 Å². The van der Waals surface area contributed by atoms with Gasteiger partial charge in [0.05, 0.1) is 0 Å². The van der Waals surface area contributed by atoms with E-state index in [0.717, 1.165) is 11.3 Å². The highest BCUT2D eigenvalue weighted by molar-refractivity contribution is 5.98. The molecule has 3 rings (SSSR count). The Balaban J connectivity index is 1.75. The average molecular weight is 375 g/mol. The van der Waals surface area contributed by atoms with E-state index < -0.39 is 18.0 Å². The van der Waals surface area contributed by atoms with Crippen molar-refractivity contribution in [2.24, 2.45) is 5.73 Å². The molecule has 4 N–H and O–H groups in total. The molecule has 0 unspecified atom stereocenters. The maximum absolute atomic E-state index is 12.4. The van der Waals surface area contributed by atoms with Gasteiger partial charge in [0.2, 0.25) is 0 Å². The van der Waals surface area contributed by atoms with Crippen molar-refractivity contribution in [1.29, 1.82) is 0 Å². The second-order valence-corrected chi connectivity index (χ2v) is 6.28. The van der Waals surface area contributed by atoms with Crippen LogP contribution in [0.5, 0.6) is 11.5 Å². The van der Waals surface area contributed by atoms with Crippen molar-refractivity contribution in [3.05, 3.63) is 90.0 Å². The topological polar surface area (TPSA) is 93.4 Å². The summed E-state index contributed by atoms with van der Waals surface area (Å²) in [6, 6.07) is 22.4. The maximum Gasteiger partial charge on any atom is 0.318 e. The van der Waals surface area contributed by atoms with Gasteiger partial charge in [-0.25, -0.2) is 4.79 Å². The fourth-order valence-electron chi connectivity index (χ4n) is 2.74. The van der Waals surface area contributed by atoms with Gasteiger partial charge in [0.1, 0.15) is 17.5 Å². The molecule has 3 aromatic carbocycles. The van der Waals surface area contributed by atoms with E-state index in [1.54, 1.807) is 36.4 Å². The van der Waals surface area contributed by atoms with Crippen LogP contribution in [0.1, 0.15) is 17.2 Å². The lowest BCUT2D eigenvalue weighted by molar-refractivity contribution is -0.120. The van der Waals surface area contributed by atoms with Gasteiger partial charge in [-0.05, 0) is 54.4 Å². The number of benzene rings is 3. The number of carbonyl (C=O) groups is 2. The minimum atomic E-state index is -0.894. The van der Waals surface area contributed by atoms with Crippen molar-refractivity contribution in [1.82, 2.24) is 5.32 Å². The first-order valence-electron chi connectivity index (χ1n) is 8.77. The molecular weight excluding hydrogens is 354 g/mol. The van der Waals surface area contributed by atoms with Gasteiger partial charge in [-0.1, -0.05) is 42.5 Å². The van der Waals surface area contributed by atoms with Crippen molar-refractivity contribution in [3.63, 3.8) is 0 Å². The zero-order chi connectivity index (χ0) is 19.9. The van der Waals surface area contributed by atoms with Crippen molar-refractivity contribution in [3.8, 4) is 11.5 Å². The van der Waals surface area contributed by atoms with Crippen LogP contribution >= 0.6 is 0 Å². The number of ether oxygens (including phenoxy) is 1. The lowest BCUT2D eigenvalue weighted by Crippen LogP contribution is -2.40. The Hall–Kier alpha value is -3.80. The summed E-state index contributed by atoms with van der Waals surface area (Å²) in [5.74, 6) is 0.900. The molecule has 0 saturated heterocycles. The quantitative estimate of drug-likeness (QED) is 0.604. The Morgan fingerprint density at radius 2 is 1.61 bits per heavy atom. The highest BCUT2D eigenvalue weighted by atomic mass is 16.5. The van der Waals surface area contributed by atoms with E-state index in [4.69, 9.17) is 10.5 Å². The highest BCUT2D eigenvalue weighted by Gasteiger charge is 2.21. The molecule has 0 saturated carbocycles. The molecule has 0 bridgehead atoms. The van der Waals surface area contributed by atoms with Gasteiger partial charge in [0, 0.05) is 5.69 Å². The number of nitrogens with two attached hydrogens (primary N) is 1. The molecule has 0 fully saturated rings. The minimum Gasteiger partial charge on any atom is -0.457 e. The van der Waals surface area contributed by atoms with Gasteiger partial charge >= 0.3 is 6.03 Å². The van der Waals surface area contributed by atoms with Gasteiger partial charge in [0.25, 0.3) is 5.91 Å². The molecule has 0 heterocycles. The largest absolute Gasteiger partial charge is 0.457 e. The van der Waals surface area contributed by atoms with E-state index >= 15 is 0 Å². The zero-order valence-corrected chi connectivity index (χ0v) is 15.4. The first kappa shape index (κ1) is 19.0. The monoisotopic (exact) mass is 375 g/mol. The maximum atomic E-state index is 12.4. The van der Waals surface area contributed by atoms with Crippen molar-refractivity contribution in [2.75, 3.05) is 5.32 Å². The number of hydrogen-bond acceptors (Lipinski definition) is 4. The number of rotatable bonds is 6. The molecule has 0 aliphatic heterocycles. The van der Waals surface area contributed by atoms with Crippen LogP contribution in [-0.2, 0) is 4.79 Å². The fraction of sp³-hybridized carbons (Fsp3) is 0.0909. The van der Waals surface area contributed by atoms with Crippen LogP contribution in [-0.4, -0.2) is 11.9 Å². The molecule has 6 nitrogen and oxygen atoms in total. The first-order valence-corrected chi connectivity index (χ1v) is 8.77. The van der Waals surface area contributed by atoms with E-state index in [2.05, 4.69) is 10.6 Å². The molecule has 0 radical (unpaired) electrons. The molecule has 0 aliphatic rings. The first-order chi connectivity index (χ1) is 13.5. The Morgan fingerprint density at radius 3 is 2.25 bits per heavy atom. The predicted octanol–water partition coefficient (Wildman–Crippen LogP) is 4.14. The summed E-state index contributed by atoms with van der Waals surface area (Å²) in [5.41, 5.74) is 7.61. The Bertz CT molecular complexity index is 956. The number of amides is 3. The van der Waals surface area contributed by atoms with Gasteiger partial charge in [0.15, 0.2) is 0 Å². The normalized spacial score (nSPS) is 11.3. The van der Waals surface area contributed by atoms with Gasteiger partial charge in [-0.3, -0.25) is 10.1 Å². The number of nitrogens with one attached hydrogen (secondary N) is 2. The van der Waals surface area contributed by atoms with Crippen LogP contribution in [0, 0.1) is 6.92 Å².